The van der Waals surface area contributed by atoms with Gasteiger partial charge in [-0.3, -0.25) is 9.59 Å². The number of hydrogen-bond donors (Lipinski definition) is 2. The summed E-state index contributed by atoms with van der Waals surface area (Å²) in [6.45, 7) is 5.25. The van der Waals surface area contributed by atoms with Crippen LogP contribution in [0.2, 0.25) is 0 Å². The van der Waals surface area contributed by atoms with Gasteiger partial charge in [0.15, 0.2) is 5.78 Å². The molecule has 3 rings (SSSR count). The number of carbonyl (C=O) groups is 2. The fourth-order valence-corrected chi connectivity index (χ4v) is 3.26. The van der Waals surface area contributed by atoms with Crippen molar-refractivity contribution in [2.24, 2.45) is 0 Å². The number of aryl methyl sites for hydroxylation is 1. The van der Waals surface area contributed by atoms with Crippen molar-refractivity contribution in [2.75, 3.05) is 37.7 Å². The van der Waals surface area contributed by atoms with E-state index in [1.54, 1.807) is 12.1 Å². The van der Waals surface area contributed by atoms with E-state index in [0.29, 0.717) is 5.56 Å². The zero-order valence-electron chi connectivity index (χ0n) is 16.8. The van der Waals surface area contributed by atoms with Crippen LogP contribution in [0.25, 0.3) is 0 Å². The normalized spacial score (nSPS) is 15.0. The molecule has 2 aromatic carbocycles. The van der Waals surface area contributed by atoms with Crippen LogP contribution in [0.15, 0.2) is 48.5 Å². The van der Waals surface area contributed by atoms with Gasteiger partial charge in [-0.2, -0.15) is 0 Å². The van der Waals surface area contributed by atoms with Gasteiger partial charge in [-0.05, 0) is 24.6 Å². The Morgan fingerprint density at radius 2 is 1.69 bits per heavy atom. The van der Waals surface area contributed by atoms with Gasteiger partial charge in [-0.15, -0.1) is 0 Å². The molecule has 1 atom stereocenters. The summed E-state index contributed by atoms with van der Waals surface area (Å²) in [5, 5.41) is 13.0. The molecule has 1 unspecified atom stereocenters. The van der Waals surface area contributed by atoms with Crippen LogP contribution in [0.5, 0.6) is 0 Å². The number of ketones is 1. The summed E-state index contributed by atoms with van der Waals surface area (Å²) < 4.78 is 5.36. The largest absolute Gasteiger partial charge is 0.387 e. The van der Waals surface area contributed by atoms with Crippen LogP contribution >= 0.6 is 0 Å². The minimum absolute atomic E-state index is 0.0561. The molecule has 6 heteroatoms. The predicted octanol–water partition coefficient (Wildman–Crippen LogP) is 2.64. The summed E-state index contributed by atoms with van der Waals surface area (Å²) in [5.41, 5.74) is 3.55. The van der Waals surface area contributed by atoms with Gasteiger partial charge >= 0.3 is 0 Å². The standard InChI is InChI=1S/C23H28N2O4/c1-17-2-4-18(5-3-17)21(26)10-11-23(28)24-16-22(27)19-6-8-20(9-7-19)25-12-14-29-15-13-25/h2-9,22,27H,10-16H2,1H3,(H,24,28). The topological polar surface area (TPSA) is 78.9 Å². The number of carbonyl (C=O) groups excluding carboxylic acids is 2. The maximum absolute atomic E-state index is 12.1. The molecule has 0 saturated carbocycles. The first kappa shape index (κ1) is 21.0. The Hall–Kier alpha value is -2.70. The maximum atomic E-state index is 12.1. The highest BCUT2D eigenvalue weighted by molar-refractivity contribution is 5.97. The molecule has 154 valence electrons. The van der Waals surface area contributed by atoms with E-state index in [9.17, 15) is 14.7 Å². The van der Waals surface area contributed by atoms with Gasteiger partial charge in [-0.1, -0.05) is 42.0 Å². The molecule has 1 heterocycles. The van der Waals surface area contributed by atoms with Crippen LogP contribution in [0.1, 0.15) is 40.4 Å². The monoisotopic (exact) mass is 396 g/mol. The summed E-state index contributed by atoms with van der Waals surface area (Å²) in [7, 11) is 0. The molecule has 1 aliphatic heterocycles. The highest BCUT2D eigenvalue weighted by atomic mass is 16.5. The van der Waals surface area contributed by atoms with Gasteiger partial charge in [0.05, 0.1) is 19.3 Å². The lowest BCUT2D eigenvalue weighted by atomic mass is 10.0. The van der Waals surface area contributed by atoms with Gasteiger partial charge in [0, 0.05) is 43.7 Å². The first-order valence-electron chi connectivity index (χ1n) is 10.0. The Labute approximate surface area is 171 Å². The van der Waals surface area contributed by atoms with Crippen molar-refractivity contribution in [1.82, 2.24) is 5.32 Å². The summed E-state index contributed by atoms with van der Waals surface area (Å²) in [4.78, 5) is 26.4. The Balaban J connectivity index is 1.42. The van der Waals surface area contributed by atoms with Crippen molar-refractivity contribution in [1.29, 1.82) is 0 Å². The van der Waals surface area contributed by atoms with Crippen LogP contribution in [0, 0.1) is 6.92 Å². The highest BCUT2D eigenvalue weighted by Crippen LogP contribution is 2.20. The molecule has 29 heavy (non-hydrogen) atoms. The minimum Gasteiger partial charge on any atom is -0.387 e. The molecule has 2 N–H and O–H groups in total. The van der Waals surface area contributed by atoms with Crippen LogP contribution in [0.3, 0.4) is 0 Å². The molecule has 0 radical (unpaired) electrons. The molecular formula is C23H28N2O4. The number of Topliss-reactive ketones (excluding diaryl/α,β-unsaturated/α-hetero) is 1. The molecule has 0 spiro atoms. The number of ether oxygens (including phenoxy) is 1. The highest BCUT2D eigenvalue weighted by Gasteiger charge is 2.14. The van der Waals surface area contributed by atoms with Crippen molar-refractivity contribution >= 4 is 17.4 Å². The van der Waals surface area contributed by atoms with Crippen molar-refractivity contribution in [3.63, 3.8) is 0 Å². The number of nitrogens with one attached hydrogen (secondary N) is 1. The molecule has 0 aliphatic carbocycles. The van der Waals surface area contributed by atoms with Gasteiger partial charge in [0.1, 0.15) is 0 Å². The lowest BCUT2D eigenvalue weighted by Crippen LogP contribution is -2.36. The Bertz CT molecular complexity index is 812. The average Bonchev–Trinajstić information content (AvgIpc) is 2.77. The fourth-order valence-electron chi connectivity index (χ4n) is 3.26. The van der Waals surface area contributed by atoms with E-state index in [0.717, 1.165) is 43.1 Å². The number of aliphatic hydroxyl groups is 1. The Kier molecular flexibility index (Phi) is 7.38. The van der Waals surface area contributed by atoms with Gasteiger partial charge < -0.3 is 20.1 Å². The molecule has 1 fully saturated rings. The summed E-state index contributed by atoms with van der Waals surface area (Å²) in [5.74, 6) is -0.297. The van der Waals surface area contributed by atoms with Gasteiger partial charge in [0.2, 0.25) is 5.91 Å². The summed E-state index contributed by atoms with van der Waals surface area (Å²) in [6.07, 6.45) is -0.528. The second kappa shape index (κ2) is 10.2. The van der Waals surface area contributed by atoms with Crippen molar-refractivity contribution in [2.45, 2.75) is 25.9 Å². The zero-order valence-corrected chi connectivity index (χ0v) is 16.8. The maximum Gasteiger partial charge on any atom is 0.220 e. The van der Waals surface area contributed by atoms with Crippen LogP contribution < -0.4 is 10.2 Å². The number of amides is 1. The number of morpholine rings is 1. The number of hydrogen-bond acceptors (Lipinski definition) is 5. The van der Waals surface area contributed by atoms with Crippen LogP contribution in [-0.4, -0.2) is 49.6 Å². The van der Waals surface area contributed by atoms with E-state index >= 15 is 0 Å². The molecule has 0 bridgehead atoms. The Morgan fingerprint density at radius 1 is 1.03 bits per heavy atom. The molecule has 2 aromatic rings. The molecule has 1 amide bonds. The molecule has 1 saturated heterocycles. The first-order valence-corrected chi connectivity index (χ1v) is 10.0. The lowest BCUT2D eigenvalue weighted by molar-refractivity contribution is -0.121. The fraction of sp³-hybridized carbons (Fsp3) is 0.391. The van der Waals surface area contributed by atoms with Crippen molar-refractivity contribution in [3.05, 3.63) is 65.2 Å². The van der Waals surface area contributed by atoms with E-state index in [2.05, 4.69) is 10.2 Å². The Morgan fingerprint density at radius 3 is 2.34 bits per heavy atom. The van der Waals surface area contributed by atoms with E-state index in [-0.39, 0.29) is 31.1 Å². The van der Waals surface area contributed by atoms with E-state index in [1.165, 1.54) is 0 Å². The van der Waals surface area contributed by atoms with Crippen molar-refractivity contribution in [3.8, 4) is 0 Å². The smallest absolute Gasteiger partial charge is 0.220 e. The summed E-state index contributed by atoms with van der Waals surface area (Å²) in [6, 6.07) is 15.0. The van der Waals surface area contributed by atoms with E-state index in [1.807, 2.05) is 43.3 Å². The second-order valence-electron chi connectivity index (χ2n) is 7.30. The summed E-state index contributed by atoms with van der Waals surface area (Å²) >= 11 is 0. The molecule has 6 nitrogen and oxygen atoms in total. The number of aliphatic hydroxyl groups excluding tert-OH is 1. The van der Waals surface area contributed by atoms with Crippen LogP contribution in [-0.2, 0) is 9.53 Å². The first-order chi connectivity index (χ1) is 14.0. The molecular weight excluding hydrogens is 368 g/mol. The van der Waals surface area contributed by atoms with Gasteiger partial charge in [-0.25, -0.2) is 0 Å². The van der Waals surface area contributed by atoms with E-state index < -0.39 is 6.10 Å². The van der Waals surface area contributed by atoms with E-state index in [4.69, 9.17) is 4.74 Å². The number of anilines is 1. The second-order valence-corrected chi connectivity index (χ2v) is 7.30. The molecule has 1 aliphatic rings. The minimum atomic E-state index is -0.787. The molecule has 0 aromatic heterocycles. The third kappa shape index (κ3) is 6.14. The van der Waals surface area contributed by atoms with Crippen molar-refractivity contribution < 1.29 is 19.4 Å². The number of rotatable bonds is 8. The number of benzene rings is 2. The third-order valence-electron chi connectivity index (χ3n) is 5.10. The average molecular weight is 396 g/mol. The predicted molar refractivity (Wildman–Crippen MR) is 112 cm³/mol. The SMILES string of the molecule is Cc1ccc(C(=O)CCC(=O)NCC(O)c2ccc(N3CCOCC3)cc2)cc1. The van der Waals surface area contributed by atoms with Crippen LogP contribution in [0.4, 0.5) is 5.69 Å². The zero-order chi connectivity index (χ0) is 20.6. The number of nitrogens with zero attached hydrogens (tertiary/aromatic N) is 1. The quantitative estimate of drug-likeness (QED) is 0.671. The third-order valence-corrected chi connectivity index (χ3v) is 5.10. The van der Waals surface area contributed by atoms with Gasteiger partial charge in [0.25, 0.3) is 0 Å². The lowest BCUT2D eigenvalue weighted by Gasteiger charge is -2.29.